The first-order chi connectivity index (χ1) is 15.7. The fourth-order valence-electron chi connectivity index (χ4n) is 3.90. The highest BCUT2D eigenvalue weighted by molar-refractivity contribution is 7.93. The molecule has 33 heavy (non-hydrogen) atoms. The van der Waals surface area contributed by atoms with E-state index in [0.29, 0.717) is 16.8 Å². The van der Waals surface area contributed by atoms with E-state index in [1.165, 1.54) is 41.7 Å². The average molecular weight is 496 g/mol. The molecule has 0 radical (unpaired) electrons. The fourth-order valence-corrected chi connectivity index (χ4v) is 5.90. The normalized spacial score (nSPS) is 16.3. The number of alkyl halides is 2. The zero-order valence-corrected chi connectivity index (χ0v) is 19.2. The first-order valence-electron chi connectivity index (χ1n) is 10.4. The second-order valence-electron chi connectivity index (χ2n) is 8.08. The van der Waals surface area contributed by atoms with Crippen LogP contribution >= 0.6 is 11.3 Å². The van der Waals surface area contributed by atoms with E-state index in [1.54, 1.807) is 22.5 Å². The first kappa shape index (κ1) is 23.5. The Morgan fingerprint density at radius 2 is 1.88 bits per heavy atom. The van der Waals surface area contributed by atoms with Crippen molar-refractivity contribution in [1.82, 2.24) is 9.88 Å². The summed E-state index contributed by atoms with van der Waals surface area (Å²) in [6.45, 7) is 0.537. The van der Waals surface area contributed by atoms with Crippen molar-refractivity contribution in [2.75, 3.05) is 17.8 Å². The number of rotatable bonds is 7. The van der Waals surface area contributed by atoms with Crippen molar-refractivity contribution in [3.05, 3.63) is 53.5 Å². The number of benzene rings is 2. The molecule has 0 saturated carbocycles. The molecule has 1 aromatic heterocycles. The smallest absolute Gasteiger partial charge is 0.264 e. The number of carbonyl (C=O) groups is 1. The Kier molecular flexibility index (Phi) is 6.64. The van der Waals surface area contributed by atoms with Crippen molar-refractivity contribution in [3.8, 4) is 0 Å². The van der Waals surface area contributed by atoms with Gasteiger partial charge in [0.25, 0.3) is 15.9 Å². The van der Waals surface area contributed by atoms with E-state index < -0.39 is 22.0 Å². The Labute approximate surface area is 194 Å². The third-order valence-corrected chi connectivity index (χ3v) is 8.01. The van der Waals surface area contributed by atoms with Gasteiger partial charge in [-0.2, -0.15) is 0 Å². The van der Waals surface area contributed by atoms with Crippen LogP contribution in [0.3, 0.4) is 0 Å². The van der Waals surface area contributed by atoms with Crippen LogP contribution in [0.4, 0.5) is 14.5 Å². The maximum absolute atomic E-state index is 12.8. The van der Waals surface area contributed by atoms with Crippen LogP contribution in [0, 0.1) is 0 Å². The number of piperidine rings is 1. The van der Waals surface area contributed by atoms with Gasteiger partial charge in [-0.25, -0.2) is 22.2 Å². The number of nitrogens with one attached hydrogen (secondary N) is 1. The molecule has 0 unspecified atom stereocenters. The van der Waals surface area contributed by atoms with Gasteiger partial charge < -0.3 is 10.0 Å². The second-order valence-corrected chi connectivity index (χ2v) is 10.6. The van der Waals surface area contributed by atoms with Crippen LogP contribution < -0.4 is 4.72 Å². The predicted molar refractivity (Wildman–Crippen MR) is 122 cm³/mol. The number of carbonyl (C=O) groups excluding carboxylic acids is 1. The van der Waals surface area contributed by atoms with Gasteiger partial charge in [-0.05, 0) is 55.7 Å². The van der Waals surface area contributed by atoms with Crippen molar-refractivity contribution >= 4 is 43.2 Å². The van der Waals surface area contributed by atoms with E-state index in [0.717, 1.165) is 4.70 Å². The summed E-state index contributed by atoms with van der Waals surface area (Å²) < 4.78 is 53.9. The van der Waals surface area contributed by atoms with Gasteiger partial charge in [0.15, 0.2) is 0 Å². The number of thiazole rings is 1. The summed E-state index contributed by atoms with van der Waals surface area (Å²) in [5.74, 6) is -0.257. The Morgan fingerprint density at radius 1 is 1.18 bits per heavy atom. The highest BCUT2D eigenvalue weighted by Gasteiger charge is 2.34. The molecule has 1 aliphatic heterocycles. The molecule has 1 aliphatic rings. The van der Waals surface area contributed by atoms with Gasteiger partial charge in [-0.1, -0.05) is 6.07 Å². The van der Waals surface area contributed by atoms with E-state index >= 15 is 0 Å². The maximum Gasteiger partial charge on any atom is 0.264 e. The molecule has 11 heteroatoms. The summed E-state index contributed by atoms with van der Waals surface area (Å²) in [7, 11) is -3.87. The molecular weight excluding hydrogens is 472 g/mol. The van der Waals surface area contributed by atoms with Crippen LogP contribution in [-0.4, -0.2) is 54.4 Å². The Hall–Kier alpha value is -2.63. The van der Waals surface area contributed by atoms with Crippen LogP contribution in [0.2, 0.25) is 0 Å². The first-order valence-corrected chi connectivity index (χ1v) is 12.8. The second kappa shape index (κ2) is 9.32. The molecule has 0 atom stereocenters. The van der Waals surface area contributed by atoms with Gasteiger partial charge in [-0.15, -0.1) is 11.3 Å². The van der Waals surface area contributed by atoms with Crippen LogP contribution in [-0.2, 0) is 10.0 Å². The van der Waals surface area contributed by atoms with Gasteiger partial charge >= 0.3 is 0 Å². The van der Waals surface area contributed by atoms with E-state index in [1.807, 2.05) is 0 Å². The fraction of sp³-hybridized carbons (Fsp3) is 0.364. The lowest BCUT2D eigenvalue weighted by Gasteiger charge is -2.38. The molecule has 0 bridgehead atoms. The zero-order chi connectivity index (χ0) is 23.6. The maximum atomic E-state index is 12.8. The summed E-state index contributed by atoms with van der Waals surface area (Å²) in [5, 5.41) is 10.4. The highest BCUT2D eigenvalue weighted by atomic mass is 32.2. The molecular formula is C22H23F2N3O4S2. The summed E-state index contributed by atoms with van der Waals surface area (Å²) in [6, 6.07) is 11.0. The van der Waals surface area contributed by atoms with Crippen LogP contribution in [0.1, 0.15) is 36.0 Å². The molecule has 1 saturated heterocycles. The molecule has 1 fully saturated rings. The van der Waals surface area contributed by atoms with Crippen LogP contribution in [0.5, 0.6) is 0 Å². The Bertz CT molecular complexity index is 1240. The van der Waals surface area contributed by atoms with Crippen molar-refractivity contribution < 1.29 is 27.1 Å². The van der Waals surface area contributed by atoms with E-state index in [4.69, 9.17) is 0 Å². The number of halogens is 2. The van der Waals surface area contributed by atoms with Crippen molar-refractivity contribution in [2.24, 2.45) is 0 Å². The third kappa shape index (κ3) is 5.31. The molecule has 2 aromatic carbocycles. The molecule has 1 amide bonds. The molecule has 7 nitrogen and oxygen atoms in total. The van der Waals surface area contributed by atoms with Gasteiger partial charge in [0, 0.05) is 30.8 Å². The number of amides is 1. The number of aromatic nitrogens is 1. The number of likely N-dealkylation sites (tertiary alicyclic amines) is 1. The number of anilines is 1. The number of para-hydroxylation sites is 1. The van der Waals surface area contributed by atoms with Crippen molar-refractivity contribution in [1.29, 1.82) is 0 Å². The number of fused-ring (bicyclic) bond motifs is 1. The molecule has 4 rings (SSSR count). The molecule has 0 spiro atoms. The largest absolute Gasteiger partial charge is 0.390 e. The lowest BCUT2D eigenvalue weighted by Crippen LogP contribution is -2.46. The number of hydrogen-bond donors (Lipinski definition) is 2. The lowest BCUT2D eigenvalue weighted by atomic mass is 9.87. The summed E-state index contributed by atoms with van der Waals surface area (Å²) in [6.07, 6.45) is -2.33. The van der Waals surface area contributed by atoms with Gasteiger partial charge in [0.2, 0.25) is 6.43 Å². The van der Waals surface area contributed by atoms with Gasteiger partial charge in [0.1, 0.15) is 10.4 Å². The standard InChI is InChI=1S/C22H23F2N3O4S2/c23-19(24)8-9-22(29)10-12-27(13-11-22)21(28)15-4-6-16(7-5-15)26-33(30,31)18-3-1-2-17-20(18)25-14-32-17/h1-7,14,19,26,29H,8-13H2. The molecule has 0 aliphatic carbocycles. The average Bonchev–Trinajstić information content (AvgIpc) is 3.27. The Balaban J connectivity index is 1.40. The quantitative estimate of drug-likeness (QED) is 0.514. The van der Waals surface area contributed by atoms with Crippen molar-refractivity contribution in [2.45, 2.75) is 42.6 Å². The molecule has 176 valence electrons. The summed E-state index contributed by atoms with van der Waals surface area (Å²) in [5.41, 5.74) is 1.50. The number of nitrogens with zero attached hydrogens (tertiary/aromatic N) is 2. The molecule has 2 heterocycles. The van der Waals surface area contributed by atoms with E-state index in [2.05, 4.69) is 9.71 Å². The minimum absolute atomic E-state index is 0.0101. The monoisotopic (exact) mass is 495 g/mol. The molecule has 2 N–H and O–H groups in total. The van der Waals surface area contributed by atoms with Crippen molar-refractivity contribution in [3.63, 3.8) is 0 Å². The SMILES string of the molecule is O=C(c1ccc(NS(=O)(=O)c2cccc3scnc23)cc1)N1CCC(O)(CCC(F)F)CC1. The topological polar surface area (TPSA) is 99.6 Å². The number of sulfonamides is 1. The van der Waals surface area contributed by atoms with Crippen LogP contribution in [0.15, 0.2) is 52.9 Å². The zero-order valence-electron chi connectivity index (χ0n) is 17.6. The summed E-state index contributed by atoms with van der Waals surface area (Å²) >= 11 is 1.35. The Morgan fingerprint density at radius 3 is 2.55 bits per heavy atom. The lowest BCUT2D eigenvalue weighted by molar-refractivity contribution is -0.0346. The van der Waals surface area contributed by atoms with E-state index in [9.17, 15) is 27.1 Å². The number of hydrogen-bond acceptors (Lipinski definition) is 6. The van der Waals surface area contributed by atoms with Gasteiger partial charge in [-0.3, -0.25) is 9.52 Å². The van der Waals surface area contributed by atoms with E-state index in [-0.39, 0.29) is 49.6 Å². The number of aliphatic hydroxyl groups is 1. The predicted octanol–water partition coefficient (Wildman–Crippen LogP) is 4.11. The minimum atomic E-state index is -3.87. The van der Waals surface area contributed by atoms with Crippen LogP contribution in [0.25, 0.3) is 10.2 Å². The summed E-state index contributed by atoms with van der Waals surface area (Å²) in [4.78, 5) is 18.6. The highest BCUT2D eigenvalue weighted by Crippen LogP contribution is 2.30. The molecule has 3 aromatic rings. The van der Waals surface area contributed by atoms with Gasteiger partial charge in [0.05, 0.1) is 15.8 Å². The minimum Gasteiger partial charge on any atom is -0.390 e. The third-order valence-electron chi connectivity index (χ3n) is 5.81.